The van der Waals surface area contributed by atoms with E-state index in [-0.39, 0.29) is 6.04 Å². The standard InChI is InChI=1S/C19H17NO/c1-12-8-9-21-19(12)18(20)15-7-6-14-10-13-4-2-3-5-16(13)17(14)11-15/h2-9,11,18H,10,20H2,1H3. The molecule has 2 aromatic carbocycles. The number of furan rings is 1. The maximum Gasteiger partial charge on any atom is 0.127 e. The first kappa shape index (κ1) is 12.4. The van der Waals surface area contributed by atoms with Crippen molar-refractivity contribution in [1.82, 2.24) is 0 Å². The molecule has 0 radical (unpaired) electrons. The fourth-order valence-electron chi connectivity index (χ4n) is 3.19. The zero-order valence-electron chi connectivity index (χ0n) is 12.0. The molecule has 2 N–H and O–H groups in total. The number of fused-ring (bicyclic) bond motifs is 3. The second-order valence-electron chi connectivity index (χ2n) is 5.70. The second-order valence-corrected chi connectivity index (χ2v) is 5.70. The first-order valence-corrected chi connectivity index (χ1v) is 7.25. The first-order valence-electron chi connectivity index (χ1n) is 7.25. The molecule has 2 nitrogen and oxygen atoms in total. The molecule has 0 saturated heterocycles. The van der Waals surface area contributed by atoms with Crippen LogP contribution in [0.1, 0.15) is 34.1 Å². The normalized spacial score (nSPS) is 13.8. The zero-order chi connectivity index (χ0) is 14.4. The molecule has 0 aliphatic heterocycles. The SMILES string of the molecule is Cc1ccoc1C(N)c1ccc2c(c1)-c1ccccc1C2. The maximum absolute atomic E-state index is 6.38. The summed E-state index contributed by atoms with van der Waals surface area (Å²) in [5.74, 6) is 0.848. The van der Waals surface area contributed by atoms with Crippen LogP contribution in [0, 0.1) is 6.92 Å². The van der Waals surface area contributed by atoms with E-state index in [0.29, 0.717) is 0 Å². The van der Waals surface area contributed by atoms with Crippen LogP contribution in [-0.4, -0.2) is 0 Å². The number of nitrogens with two attached hydrogens (primary N) is 1. The van der Waals surface area contributed by atoms with Crippen molar-refractivity contribution in [3.63, 3.8) is 0 Å². The highest BCUT2D eigenvalue weighted by molar-refractivity contribution is 5.77. The molecule has 1 aromatic heterocycles. The van der Waals surface area contributed by atoms with Crippen LogP contribution in [0.15, 0.2) is 59.2 Å². The molecule has 104 valence electrons. The van der Waals surface area contributed by atoms with Crippen molar-refractivity contribution in [2.45, 2.75) is 19.4 Å². The molecule has 21 heavy (non-hydrogen) atoms. The molecule has 0 bridgehead atoms. The zero-order valence-corrected chi connectivity index (χ0v) is 12.0. The van der Waals surface area contributed by atoms with Gasteiger partial charge in [-0.25, -0.2) is 0 Å². The van der Waals surface area contributed by atoms with Gasteiger partial charge in [-0.2, -0.15) is 0 Å². The van der Waals surface area contributed by atoms with Crippen molar-refractivity contribution in [1.29, 1.82) is 0 Å². The summed E-state index contributed by atoms with van der Waals surface area (Å²) in [6, 6.07) is 16.9. The molecule has 1 aliphatic carbocycles. The maximum atomic E-state index is 6.38. The van der Waals surface area contributed by atoms with E-state index in [0.717, 1.165) is 23.3 Å². The molecule has 1 atom stereocenters. The van der Waals surface area contributed by atoms with E-state index in [1.54, 1.807) is 6.26 Å². The van der Waals surface area contributed by atoms with Crippen LogP contribution in [-0.2, 0) is 6.42 Å². The first-order chi connectivity index (χ1) is 10.2. The molecule has 3 aromatic rings. The lowest BCUT2D eigenvalue weighted by molar-refractivity contribution is 0.487. The lowest BCUT2D eigenvalue weighted by Gasteiger charge is -2.12. The number of hydrogen-bond donors (Lipinski definition) is 1. The van der Waals surface area contributed by atoms with Crippen molar-refractivity contribution < 1.29 is 4.42 Å². The number of rotatable bonds is 2. The monoisotopic (exact) mass is 275 g/mol. The summed E-state index contributed by atoms with van der Waals surface area (Å²) in [6.45, 7) is 2.03. The van der Waals surface area contributed by atoms with Gasteiger partial charge < -0.3 is 10.2 Å². The van der Waals surface area contributed by atoms with Gasteiger partial charge in [-0.1, -0.05) is 36.4 Å². The lowest BCUT2D eigenvalue weighted by atomic mass is 9.97. The summed E-state index contributed by atoms with van der Waals surface area (Å²) < 4.78 is 5.54. The highest BCUT2D eigenvalue weighted by Crippen LogP contribution is 2.38. The highest BCUT2D eigenvalue weighted by atomic mass is 16.3. The van der Waals surface area contributed by atoms with Crippen LogP contribution in [0.3, 0.4) is 0 Å². The van der Waals surface area contributed by atoms with E-state index < -0.39 is 0 Å². The Morgan fingerprint density at radius 2 is 1.81 bits per heavy atom. The molecule has 0 fully saturated rings. The van der Waals surface area contributed by atoms with Crippen molar-refractivity contribution in [2.24, 2.45) is 5.73 Å². The van der Waals surface area contributed by atoms with Gasteiger partial charge in [0.1, 0.15) is 5.76 Å². The minimum atomic E-state index is -0.210. The Balaban J connectivity index is 1.80. The predicted octanol–water partition coefficient (Wildman–Crippen LogP) is 4.21. The van der Waals surface area contributed by atoms with Crippen LogP contribution in [0.5, 0.6) is 0 Å². The molecular formula is C19H17NO. The summed E-state index contributed by atoms with van der Waals surface area (Å²) in [6.07, 6.45) is 2.72. The van der Waals surface area contributed by atoms with E-state index in [1.807, 2.05) is 13.0 Å². The lowest BCUT2D eigenvalue weighted by Crippen LogP contribution is -2.12. The Bertz CT molecular complexity index is 816. The number of benzene rings is 2. The van der Waals surface area contributed by atoms with Gasteiger partial charge >= 0.3 is 0 Å². The summed E-state index contributed by atoms with van der Waals surface area (Å²) in [4.78, 5) is 0. The van der Waals surface area contributed by atoms with Crippen LogP contribution in [0.4, 0.5) is 0 Å². The third-order valence-corrected chi connectivity index (χ3v) is 4.37. The summed E-state index contributed by atoms with van der Waals surface area (Å²) in [7, 11) is 0. The average molecular weight is 275 g/mol. The van der Waals surface area contributed by atoms with E-state index in [1.165, 1.54) is 22.3 Å². The third-order valence-electron chi connectivity index (χ3n) is 4.37. The van der Waals surface area contributed by atoms with Gasteiger partial charge in [-0.15, -0.1) is 0 Å². The molecule has 0 spiro atoms. The van der Waals surface area contributed by atoms with Gasteiger partial charge in [0.25, 0.3) is 0 Å². The van der Waals surface area contributed by atoms with Gasteiger partial charge in [0, 0.05) is 0 Å². The molecule has 4 rings (SSSR count). The highest BCUT2D eigenvalue weighted by Gasteiger charge is 2.21. The summed E-state index contributed by atoms with van der Waals surface area (Å²) in [5.41, 5.74) is 14.0. The van der Waals surface area contributed by atoms with Gasteiger partial charge in [0.2, 0.25) is 0 Å². The molecule has 1 unspecified atom stereocenters. The second kappa shape index (κ2) is 4.61. The van der Waals surface area contributed by atoms with Crippen LogP contribution >= 0.6 is 0 Å². The number of hydrogen-bond acceptors (Lipinski definition) is 2. The fraction of sp³-hybridized carbons (Fsp3) is 0.158. The van der Waals surface area contributed by atoms with Crippen molar-refractivity contribution in [3.05, 3.63) is 82.8 Å². The van der Waals surface area contributed by atoms with E-state index >= 15 is 0 Å². The Morgan fingerprint density at radius 3 is 2.62 bits per heavy atom. The molecule has 1 heterocycles. The van der Waals surface area contributed by atoms with E-state index in [2.05, 4.69) is 42.5 Å². The largest absolute Gasteiger partial charge is 0.467 e. The quantitative estimate of drug-likeness (QED) is 0.595. The van der Waals surface area contributed by atoms with E-state index in [4.69, 9.17) is 10.2 Å². The van der Waals surface area contributed by atoms with Gasteiger partial charge in [-0.05, 0) is 58.9 Å². The molecule has 2 heteroatoms. The van der Waals surface area contributed by atoms with Crippen LogP contribution < -0.4 is 5.73 Å². The van der Waals surface area contributed by atoms with Gasteiger partial charge in [0.05, 0.1) is 12.3 Å². The Morgan fingerprint density at radius 1 is 1.00 bits per heavy atom. The van der Waals surface area contributed by atoms with Crippen molar-refractivity contribution in [2.75, 3.05) is 0 Å². The molecule has 0 amide bonds. The van der Waals surface area contributed by atoms with Crippen molar-refractivity contribution >= 4 is 0 Å². The Hall–Kier alpha value is -2.32. The smallest absolute Gasteiger partial charge is 0.127 e. The van der Waals surface area contributed by atoms with E-state index in [9.17, 15) is 0 Å². The topological polar surface area (TPSA) is 39.2 Å². The van der Waals surface area contributed by atoms with Crippen LogP contribution in [0.2, 0.25) is 0 Å². The summed E-state index contributed by atoms with van der Waals surface area (Å²) in [5, 5.41) is 0. The van der Waals surface area contributed by atoms with Crippen LogP contribution in [0.25, 0.3) is 11.1 Å². The minimum Gasteiger partial charge on any atom is -0.467 e. The third kappa shape index (κ3) is 1.91. The Labute approximate surface area is 124 Å². The van der Waals surface area contributed by atoms with Gasteiger partial charge in [-0.3, -0.25) is 0 Å². The molecule has 1 aliphatic rings. The number of aryl methyl sites for hydroxylation is 1. The molecule has 0 saturated carbocycles. The van der Waals surface area contributed by atoms with Gasteiger partial charge in [0.15, 0.2) is 0 Å². The predicted molar refractivity (Wildman–Crippen MR) is 84.2 cm³/mol. The van der Waals surface area contributed by atoms with Crippen molar-refractivity contribution in [3.8, 4) is 11.1 Å². The minimum absolute atomic E-state index is 0.210. The fourth-order valence-corrected chi connectivity index (χ4v) is 3.19. The molecular weight excluding hydrogens is 258 g/mol. The Kier molecular flexibility index (Phi) is 2.72. The summed E-state index contributed by atoms with van der Waals surface area (Å²) >= 11 is 0. The average Bonchev–Trinajstić information content (AvgIpc) is 3.09.